The highest BCUT2D eigenvalue weighted by Gasteiger charge is 2.33. The summed E-state index contributed by atoms with van der Waals surface area (Å²) in [6.45, 7) is 2.26. The van der Waals surface area contributed by atoms with Crippen molar-refractivity contribution in [3.63, 3.8) is 0 Å². The Morgan fingerprint density at radius 1 is 1.23 bits per heavy atom. The van der Waals surface area contributed by atoms with Crippen LogP contribution in [0.25, 0.3) is 6.08 Å². The summed E-state index contributed by atoms with van der Waals surface area (Å²) in [4.78, 5) is 36.5. The van der Waals surface area contributed by atoms with Crippen molar-refractivity contribution in [3.05, 3.63) is 62.5 Å². The zero-order valence-corrected chi connectivity index (χ0v) is 18.5. The third kappa shape index (κ3) is 4.68. The van der Waals surface area contributed by atoms with Crippen molar-refractivity contribution in [3.8, 4) is 11.5 Å². The highest BCUT2D eigenvalue weighted by molar-refractivity contribution is 9.10. The third-order valence-corrected chi connectivity index (χ3v) is 5.81. The lowest BCUT2D eigenvalue weighted by Gasteiger charge is -2.14. The number of carboxylic acid groups (broad SMARTS) is 1. The lowest BCUT2D eigenvalue weighted by molar-refractivity contribution is -0.255. The summed E-state index contributed by atoms with van der Waals surface area (Å²) in [5, 5.41) is 10.5. The van der Waals surface area contributed by atoms with Gasteiger partial charge in [-0.05, 0) is 69.5 Å². The molecule has 0 N–H and O–H groups in total. The van der Waals surface area contributed by atoms with Crippen molar-refractivity contribution >= 4 is 50.9 Å². The second kappa shape index (κ2) is 9.36. The molecule has 0 unspecified atom stereocenters. The van der Waals surface area contributed by atoms with Crippen LogP contribution < -0.4 is 14.6 Å². The van der Waals surface area contributed by atoms with Crippen molar-refractivity contribution < 1.29 is 29.0 Å². The molecule has 1 fully saturated rings. The van der Waals surface area contributed by atoms with Crippen LogP contribution in [0, 0.1) is 0 Å². The van der Waals surface area contributed by atoms with Gasteiger partial charge in [-0.15, -0.1) is 0 Å². The van der Waals surface area contributed by atoms with E-state index < -0.39 is 5.97 Å². The normalized spacial score (nSPS) is 15.0. The van der Waals surface area contributed by atoms with Crippen molar-refractivity contribution in [2.75, 3.05) is 13.7 Å². The molecule has 0 aromatic heterocycles. The molecule has 1 aliphatic rings. The number of likely N-dealkylation sites (N-methyl/N-ethyl adjacent to an activating group) is 1. The maximum atomic E-state index is 12.3. The average Bonchev–Trinajstić information content (AvgIpc) is 2.99. The summed E-state index contributed by atoms with van der Waals surface area (Å²) in [5.74, 6) is -0.654. The Morgan fingerprint density at radius 2 is 1.93 bits per heavy atom. The number of methoxy groups -OCH3 is 1. The first-order chi connectivity index (χ1) is 14.3. The Hall–Kier alpha value is -2.78. The smallest absolute Gasteiger partial charge is 0.293 e. The summed E-state index contributed by atoms with van der Waals surface area (Å²) in [5.41, 5.74) is 1.53. The number of rotatable bonds is 7. The van der Waals surface area contributed by atoms with Gasteiger partial charge in [0, 0.05) is 6.54 Å². The molecule has 7 nitrogen and oxygen atoms in total. The van der Waals surface area contributed by atoms with Gasteiger partial charge < -0.3 is 19.4 Å². The predicted molar refractivity (Wildman–Crippen MR) is 114 cm³/mol. The molecule has 1 aliphatic heterocycles. The molecule has 0 saturated carbocycles. The number of hydrogen-bond donors (Lipinski definition) is 0. The minimum Gasteiger partial charge on any atom is -0.545 e. The summed E-state index contributed by atoms with van der Waals surface area (Å²) in [6, 6.07) is 9.66. The van der Waals surface area contributed by atoms with E-state index in [9.17, 15) is 19.5 Å². The molecule has 1 heterocycles. The van der Waals surface area contributed by atoms with Crippen LogP contribution in [-0.2, 0) is 11.4 Å². The first-order valence-electron chi connectivity index (χ1n) is 8.90. The van der Waals surface area contributed by atoms with E-state index in [1.807, 2.05) is 0 Å². The fraction of sp³-hybridized carbons (Fsp3) is 0.190. The number of carbonyl (C=O) groups excluding carboxylic acids is 3. The number of carboxylic acids is 1. The van der Waals surface area contributed by atoms with E-state index in [-0.39, 0.29) is 23.3 Å². The molecule has 156 valence electrons. The van der Waals surface area contributed by atoms with Gasteiger partial charge in [-0.2, -0.15) is 0 Å². The molecule has 2 amide bonds. The van der Waals surface area contributed by atoms with Crippen molar-refractivity contribution in [2.24, 2.45) is 0 Å². The minimum atomic E-state index is -1.24. The van der Waals surface area contributed by atoms with Gasteiger partial charge in [-0.25, -0.2) is 0 Å². The molecule has 0 aliphatic carbocycles. The van der Waals surface area contributed by atoms with Gasteiger partial charge in [0.2, 0.25) is 0 Å². The maximum absolute atomic E-state index is 12.3. The fourth-order valence-corrected chi connectivity index (χ4v) is 4.26. The van der Waals surface area contributed by atoms with E-state index in [1.165, 1.54) is 24.1 Å². The van der Waals surface area contributed by atoms with Crippen molar-refractivity contribution in [1.82, 2.24) is 4.90 Å². The van der Waals surface area contributed by atoms with E-state index in [4.69, 9.17) is 9.47 Å². The van der Waals surface area contributed by atoms with Crippen LogP contribution in [0.5, 0.6) is 11.5 Å². The van der Waals surface area contributed by atoms with Crippen molar-refractivity contribution in [2.45, 2.75) is 13.5 Å². The molecule has 3 rings (SSSR count). The quantitative estimate of drug-likeness (QED) is 0.548. The standard InChI is InChI=1S/C21H18BrNO6S/c1-3-23-19(24)17(30-21(23)27)10-13-8-15(22)18(16(9-13)28-2)29-11-12-4-6-14(7-5-12)20(25)26/h4-10H,3,11H2,1-2H3,(H,25,26)/p-1/b17-10+. The highest BCUT2D eigenvalue weighted by atomic mass is 79.9. The Labute approximate surface area is 185 Å². The molecular formula is C21H17BrNO6S-. The number of halogens is 1. The molecule has 1 saturated heterocycles. The summed E-state index contributed by atoms with van der Waals surface area (Å²) < 4.78 is 11.9. The van der Waals surface area contributed by atoms with Gasteiger partial charge >= 0.3 is 0 Å². The number of aromatic carboxylic acids is 1. The Kier molecular flexibility index (Phi) is 6.84. The molecule has 0 atom stereocenters. The number of nitrogens with zero attached hydrogens (tertiary/aromatic N) is 1. The van der Waals surface area contributed by atoms with Gasteiger partial charge in [0.15, 0.2) is 11.5 Å². The van der Waals surface area contributed by atoms with Gasteiger partial charge in [0.25, 0.3) is 11.1 Å². The average molecular weight is 491 g/mol. The number of imide groups is 1. The number of hydrogen-bond acceptors (Lipinski definition) is 7. The van der Waals surface area contributed by atoms with E-state index >= 15 is 0 Å². The predicted octanol–water partition coefficient (Wildman–Crippen LogP) is 3.46. The molecule has 2 aromatic rings. The van der Waals surface area contributed by atoms with Crippen LogP contribution in [0.2, 0.25) is 0 Å². The highest BCUT2D eigenvalue weighted by Crippen LogP contribution is 2.39. The van der Waals surface area contributed by atoms with E-state index in [1.54, 1.807) is 37.3 Å². The van der Waals surface area contributed by atoms with Crippen LogP contribution in [-0.4, -0.2) is 35.7 Å². The summed E-state index contributed by atoms with van der Waals surface area (Å²) >= 11 is 4.36. The van der Waals surface area contributed by atoms with E-state index in [0.29, 0.717) is 33.0 Å². The third-order valence-electron chi connectivity index (χ3n) is 4.31. The summed E-state index contributed by atoms with van der Waals surface area (Å²) in [6.07, 6.45) is 1.64. The molecule has 0 bridgehead atoms. The molecule has 0 spiro atoms. The van der Waals surface area contributed by atoms with Crippen molar-refractivity contribution in [1.29, 1.82) is 0 Å². The number of benzene rings is 2. The molecule has 2 aromatic carbocycles. The van der Waals surface area contributed by atoms with Gasteiger partial charge in [-0.1, -0.05) is 24.3 Å². The van der Waals surface area contributed by atoms with Crippen LogP contribution in [0.3, 0.4) is 0 Å². The topological polar surface area (TPSA) is 96.0 Å². The minimum absolute atomic E-state index is 0.0920. The lowest BCUT2D eigenvalue weighted by Crippen LogP contribution is -2.27. The Balaban J connectivity index is 1.81. The first kappa shape index (κ1) is 21.9. The molecule has 0 radical (unpaired) electrons. The summed E-state index contributed by atoms with van der Waals surface area (Å²) in [7, 11) is 1.50. The van der Waals surface area contributed by atoms with Crippen LogP contribution >= 0.6 is 27.7 Å². The SMILES string of the molecule is CCN1C(=O)S/C(=C/c2cc(Br)c(OCc3ccc(C(=O)[O-])cc3)c(OC)c2)C1=O. The van der Waals surface area contributed by atoms with E-state index in [0.717, 1.165) is 17.3 Å². The zero-order chi connectivity index (χ0) is 21.8. The second-order valence-electron chi connectivity index (χ2n) is 6.23. The lowest BCUT2D eigenvalue weighted by atomic mass is 10.1. The zero-order valence-electron chi connectivity index (χ0n) is 16.1. The van der Waals surface area contributed by atoms with Crippen LogP contribution in [0.15, 0.2) is 45.8 Å². The van der Waals surface area contributed by atoms with Gasteiger partial charge in [0.05, 0.1) is 22.5 Å². The number of amides is 2. The van der Waals surface area contributed by atoms with E-state index in [2.05, 4.69) is 15.9 Å². The van der Waals surface area contributed by atoms with Crippen LogP contribution in [0.1, 0.15) is 28.4 Å². The number of thioether (sulfide) groups is 1. The fourth-order valence-electron chi connectivity index (χ4n) is 2.78. The van der Waals surface area contributed by atoms with Gasteiger partial charge in [0.1, 0.15) is 6.61 Å². The number of carbonyl (C=O) groups is 3. The second-order valence-corrected chi connectivity index (χ2v) is 8.08. The molecule has 9 heteroatoms. The monoisotopic (exact) mass is 490 g/mol. The first-order valence-corrected chi connectivity index (χ1v) is 10.5. The largest absolute Gasteiger partial charge is 0.545 e. The van der Waals surface area contributed by atoms with Gasteiger partial charge in [-0.3, -0.25) is 14.5 Å². The molecular weight excluding hydrogens is 474 g/mol. The maximum Gasteiger partial charge on any atom is 0.293 e. The Bertz CT molecular complexity index is 1030. The number of ether oxygens (including phenoxy) is 2. The van der Waals surface area contributed by atoms with Crippen LogP contribution in [0.4, 0.5) is 4.79 Å². The Morgan fingerprint density at radius 3 is 2.50 bits per heavy atom. The molecule has 30 heavy (non-hydrogen) atoms.